The second kappa shape index (κ2) is 5.41. The number of hydrogen-bond donors (Lipinski definition) is 0. The van der Waals surface area contributed by atoms with Crippen molar-refractivity contribution in [1.82, 2.24) is 29.7 Å². The van der Waals surface area contributed by atoms with Gasteiger partial charge in [-0.15, -0.1) is 0 Å². The molecule has 2 aromatic heterocycles. The summed E-state index contributed by atoms with van der Waals surface area (Å²) in [5, 5.41) is 3.77. The Morgan fingerprint density at radius 2 is 2.10 bits per heavy atom. The van der Waals surface area contributed by atoms with Crippen molar-refractivity contribution >= 4 is 11.6 Å². The molecule has 0 aliphatic carbocycles. The van der Waals surface area contributed by atoms with Gasteiger partial charge >= 0.3 is 6.01 Å². The second-order valence-electron chi connectivity index (χ2n) is 4.02. The summed E-state index contributed by atoms with van der Waals surface area (Å²) in [5.74, 6) is -0.367. The number of benzene rings is 1. The Kier molecular flexibility index (Phi) is 3.44. The Labute approximate surface area is 123 Å². The molecule has 0 saturated heterocycles. The SMILES string of the molecule is Cc1cccc(Oc2nc(Cl)nc(-n3cncn3)n2)c1F. The summed E-state index contributed by atoms with van der Waals surface area (Å²) in [6, 6.07) is 4.62. The fourth-order valence-corrected chi connectivity index (χ4v) is 1.73. The molecule has 0 spiro atoms. The molecule has 0 unspecified atom stereocenters. The molecule has 0 N–H and O–H groups in total. The van der Waals surface area contributed by atoms with Gasteiger partial charge in [-0.3, -0.25) is 0 Å². The molecule has 9 heteroatoms. The second-order valence-corrected chi connectivity index (χ2v) is 4.35. The highest BCUT2D eigenvalue weighted by Gasteiger charge is 2.12. The lowest BCUT2D eigenvalue weighted by Crippen LogP contribution is -2.05. The van der Waals surface area contributed by atoms with Gasteiger partial charge in [0.2, 0.25) is 5.28 Å². The highest BCUT2D eigenvalue weighted by atomic mass is 35.5. The van der Waals surface area contributed by atoms with E-state index in [-0.39, 0.29) is 23.0 Å². The number of ether oxygens (including phenoxy) is 1. The zero-order chi connectivity index (χ0) is 14.8. The number of halogens is 2. The molecule has 2 heterocycles. The van der Waals surface area contributed by atoms with E-state index < -0.39 is 5.82 Å². The Bertz CT molecular complexity index is 779. The highest BCUT2D eigenvalue weighted by Crippen LogP contribution is 2.24. The fraction of sp³-hybridized carbons (Fsp3) is 0.0833. The van der Waals surface area contributed by atoms with Crippen LogP contribution in [0.15, 0.2) is 30.9 Å². The molecule has 0 atom stereocenters. The first kappa shape index (κ1) is 13.4. The van der Waals surface area contributed by atoms with Gasteiger partial charge in [0.05, 0.1) is 0 Å². The van der Waals surface area contributed by atoms with Crippen LogP contribution in [0.2, 0.25) is 5.28 Å². The van der Waals surface area contributed by atoms with Crippen LogP contribution in [0, 0.1) is 12.7 Å². The molecular weight excluding hydrogens is 299 g/mol. The van der Waals surface area contributed by atoms with E-state index in [2.05, 4.69) is 25.0 Å². The first-order chi connectivity index (χ1) is 10.1. The molecule has 7 nitrogen and oxygen atoms in total. The van der Waals surface area contributed by atoms with Gasteiger partial charge in [0, 0.05) is 0 Å². The molecule has 106 valence electrons. The lowest BCUT2D eigenvalue weighted by Gasteiger charge is -2.07. The molecule has 3 rings (SSSR count). The van der Waals surface area contributed by atoms with Crippen molar-refractivity contribution in [3.8, 4) is 17.7 Å². The summed E-state index contributed by atoms with van der Waals surface area (Å²) >= 11 is 5.81. The van der Waals surface area contributed by atoms with Crippen LogP contribution in [0.25, 0.3) is 5.95 Å². The van der Waals surface area contributed by atoms with E-state index in [9.17, 15) is 4.39 Å². The van der Waals surface area contributed by atoms with E-state index in [0.717, 1.165) is 0 Å². The van der Waals surface area contributed by atoms with Gasteiger partial charge in [0.25, 0.3) is 5.95 Å². The van der Waals surface area contributed by atoms with Gasteiger partial charge in [-0.1, -0.05) is 12.1 Å². The predicted molar refractivity (Wildman–Crippen MR) is 71.0 cm³/mol. The van der Waals surface area contributed by atoms with Crippen molar-refractivity contribution in [2.24, 2.45) is 0 Å². The summed E-state index contributed by atoms with van der Waals surface area (Å²) in [6.07, 6.45) is 2.71. The topological polar surface area (TPSA) is 78.6 Å². The molecule has 0 amide bonds. The van der Waals surface area contributed by atoms with Crippen molar-refractivity contribution in [1.29, 1.82) is 0 Å². The maximum absolute atomic E-state index is 13.9. The molecule has 0 aliphatic heterocycles. The maximum atomic E-state index is 13.9. The molecule has 0 radical (unpaired) electrons. The molecule has 0 saturated carbocycles. The monoisotopic (exact) mass is 306 g/mol. The number of nitrogens with zero attached hydrogens (tertiary/aromatic N) is 6. The third-order valence-electron chi connectivity index (χ3n) is 2.56. The zero-order valence-electron chi connectivity index (χ0n) is 10.7. The quantitative estimate of drug-likeness (QED) is 0.739. The van der Waals surface area contributed by atoms with E-state index >= 15 is 0 Å². The summed E-state index contributed by atoms with van der Waals surface area (Å²) in [6.45, 7) is 1.63. The van der Waals surface area contributed by atoms with Crippen LogP contribution in [0.4, 0.5) is 4.39 Å². The third kappa shape index (κ3) is 2.79. The van der Waals surface area contributed by atoms with Crippen molar-refractivity contribution in [2.45, 2.75) is 6.92 Å². The molecule has 21 heavy (non-hydrogen) atoms. The molecule has 0 bridgehead atoms. The standard InChI is InChI=1S/C12H8ClFN6O/c1-7-3-2-4-8(9(7)14)21-12-18-10(13)17-11(19-12)20-6-15-5-16-20/h2-6H,1H3. The smallest absolute Gasteiger partial charge is 0.328 e. The number of hydrogen-bond acceptors (Lipinski definition) is 6. The lowest BCUT2D eigenvalue weighted by molar-refractivity contribution is 0.406. The minimum absolute atomic E-state index is 0.00167. The Hall–Kier alpha value is -2.61. The van der Waals surface area contributed by atoms with Gasteiger partial charge < -0.3 is 4.74 Å². The predicted octanol–water partition coefficient (Wildman–Crippen LogP) is 2.35. The van der Waals surface area contributed by atoms with Crippen LogP contribution in [-0.4, -0.2) is 29.7 Å². The molecule has 1 aromatic carbocycles. The summed E-state index contributed by atoms with van der Waals surface area (Å²) in [4.78, 5) is 15.5. The van der Waals surface area contributed by atoms with Gasteiger partial charge in [0.1, 0.15) is 12.7 Å². The number of rotatable bonds is 3. The zero-order valence-corrected chi connectivity index (χ0v) is 11.5. The highest BCUT2D eigenvalue weighted by molar-refractivity contribution is 6.28. The Morgan fingerprint density at radius 1 is 1.24 bits per heavy atom. The van der Waals surface area contributed by atoms with E-state index in [1.54, 1.807) is 19.1 Å². The van der Waals surface area contributed by atoms with Crippen molar-refractivity contribution in [3.63, 3.8) is 0 Å². The van der Waals surface area contributed by atoms with Crippen LogP contribution < -0.4 is 4.74 Å². The minimum atomic E-state index is -0.489. The molecule has 3 aromatic rings. The van der Waals surface area contributed by atoms with Gasteiger partial charge in [0.15, 0.2) is 11.6 Å². The molecule has 0 aliphatic rings. The Balaban J connectivity index is 1.98. The van der Waals surface area contributed by atoms with Crippen LogP contribution >= 0.6 is 11.6 Å². The van der Waals surface area contributed by atoms with E-state index in [0.29, 0.717) is 5.56 Å². The van der Waals surface area contributed by atoms with Crippen LogP contribution in [-0.2, 0) is 0 Å². The van der Waals surface area contributed by atoms with Gasteiger partial charge in [-0.2, -0.15) is 24.7 Å². The van der Waals surface area contributed by atoms with E-state index in [1.165, 1.54) is 23.4 Å². The molecular formula is C12H8ClFN6O. The van der Waals surface area contributed by atoms with E-state index in [4.69, 9.17) is 16.3 Å². The van der Waals surface area contributed by atoms with Gasteiger partial charge in [-0.25, -0.2) is 9.37 Å². The first-order valence-electron chi connectivity index (χ1n) is 5.83. The summed E-state index contributed by atoms with van der Waals surface area (Å²) < 4.78 is 20.5. The minimum Gasteiger partial charge on any atom is -0.421 e. The fourth-order valence-electron chi connectivity index (χ4n) is 1.58. The number of aryl methyl sites for hydroxylation is 1. The average molecular weight is 307 g/mol. The largest absolute Gasteiger partial charge is 0.421 e. The summed E-state index contributed by atoms with van der Waals surface area (Å²) in [7, 11) is 0. The van der Waals surface area contributed by atoms with Gasteiger partial charge in [-0.05, 0) is 30.2 Å². The number of aromatic nitrogens is 6. The van der Waals surface area contributed by atoms with Crippen molar-refractivity contribution < 1.29 is 9.13 Å². The first-order valence-corrected chi connectivity index (χ1v) is 6.21. The normalized spacial score (nSPS) is 10.6. The van der Waals surface area contributed by atoms with Crippen LogP contribution in [0.5, 0.6) is 11.8 Å². The third-order valence-corrected chi connectivity index (χ3v) is 2.73. The van der Waals surface area contributed by atoms with Crippen LogP contribution in [0.1, 0.15) is 5.56 Å². The van der Waals surface area contributed by atoms with Crippen molar-refractivity contribution in [2.75, 3.05) is 0 Å². The summed E-state index contributed by atoms with van der Waals surface area (Å²) in [5.41, 5.74) is 0.448. The molecule has 0 fully saturated rings. The average Bonchev–Trinajstić information content (AvgIpc) is 2.97. The van der Waals surface area contributed by atoms with Crippen molar-refractivity contribution in [3.05, 3.63) is 47.5 Å². The van der Waals surface area contributed by atoms with Crippen LogP contribution in [0.3, 0.4) is 0 Å². The Morgan fingerprint density at radius 3 is 2.86 bits per heavy atom. The lowest BCUT2D eigenvalue weighted by atomic mass is 10.2. The maximum Gasteiger partial charge on any atom is 0.328 e. The van der Waals surface area contributed by atoms with E-state index in [1.807, 2.05) is 0 Å².